The summed E-state index contributed by atoms with van der Waals surface area (Å²) in [6, 6.07) is 8.81. The zero-order chi connectivity index (χ0) is 13.7. The number of rotatable bonds is 0. The first-order valence-electron chi connectivity index (χ1n) is 6.72. The Morgan fingerprint density at radius 3 is 2.06 bits per heavy atom. The number of likely N-dealkylation sites (N-methyl/N-ethyl adjacent to an activating group) is 1. The van der Waals surface area contributed by atoms with Gasteiger partial charge in [0, 0.05) is 11.1 Å². The molecular formula is C17H25N. The van der Waals surface area contributed by atoms with Crippen LogP contribution in [0, 0.1) is 0 Å². The SMILES string of the molecule is CC1=C(C)C(C)(C)N(C)C(C)(C)c2ccccc21. The van der Waals surface area contributed by atoms with Crippen molar-refractivity contribution in [2.45, 2.75) is 52.6 Å². The first-order chi connectivity index (χ1) is 8.20. The first-order valence-corrected chi connectivity index (χ1v) is 6.72. The molecule has 0 spiro atoms. The van der Waals surface area contributed by atoms with Crippen molar-refractivity contribution in [1.82, 2.24) is 4.90 Å². The summed E-state index contributed by atoms with van der Waals surface area (Å²) in [5.41, 5.74) is 5.83. The van der Waals surface area contributed by atoms with Gasteiger partial charge < -0.3 is 0 Å². The number of benzene rings is 1. The predicted molar refractivity (Wildman–Crippen MR) is 79.6 cm³/mol. The molecule has 1 aliphatic heterocycles. The van der Waals surface area contributed by atoms with Crippen LogP contribution in [0.3, 0.4) is 0 Å². The highest BCUT2D eigenvalue weighted by atomic mass is 15.2. The lowest BCUT2D eigenvalue weighted by Crippen LogP contribution is -2.51. The number of hydrogen-bond acceptors (Lipinski definition) is 1. The molecule has 0 saturated carbocycles. The van der Waals surface area contributed by atoms with Crippen LogP contribution in [0.25, 0.3) is 5.57 Å². The van der Waals surface area contributed by atoms with E-state index < -0.39 is 0 Å². The standard InChI is InChI=1S/C17H25N/c1-12-13(2)16(3,4)18(7)17(5,6)15-11-9-8-10-14(12)15/h8-11H,1-7H3. The zero-order valence-corrected chi connectivity index (χ0v) is 12.8. The molecule has 1 nitrogen and oxygen atoms in total. The summed E-state index contributed by atoms with van der Waals surface area (Å²) in [7, 11) is 2.24. The molecule has 1 aliphatic rings. The minimum Gasteiger partial charge on any atom is -0.288 e. The van der Waals surface area contributed by atoms with Gasteiger partial charge in [-0.2, -0.15) is 0 Å². The van der Waals surface area contributed by atoms with Crippen molar-refractivity contribution in [1.29, 1.82) is 0 Å². The van der Waals surface area contributed by atoms with Crippen LogP contribution in [0.5, 0.6) is 0 Å². The lowest BCUT2D eigenvalue weighted by molar-refractivity contribution is 0.0681. The van der Waals surface area contributed by atoms with Gasteiger partial charge in [0.15, 0.2) is 0 Å². The molecule has 0 aromatic heterocycles. The molecule has 2 rings (SSSR count). The number of fused-ring (bicyclic) bond motifs is 1. The Hall–Kier alpha value is -1.08. The van der Waals surface area contributed by atoms with Gasteiger partial charge in [-0.05, 0) is 65.3 Å². The summed E-state index contributed by atoms with van der Waals surface area (Å²) in [5, 5.41) is 0. The third-order valence-electron chi connectivity index (χ3n) is 5.15. The van der Waals surface area contributed by atoms with Gasteiger partial charge in [0.05, 0.1) is 0 Å². The van der Waals surface area contributed by atoms with E-state index in [1.807, 2.05) is 0 Å². The van der Waals surface area contributed by atoms with Crippen LogP contribution >= 0.6 is 0 Å². The molecule has 0 amide bonds. The van der Waals surface area contributed by atoms with Gasteiger partial charge in [-0.25, -0.2) is 0 Å². The molecule has 0 bridgehead atoms. The van der Waals surface area contributed by atoms with E-state index in [4.69, 9.17) is 0 Å². The number of nitrogens with zero attached hydrogens (tertiary/aromatic N) is 1. The van der Waals surface area contributed by atoms with Gasteiger partial charge in [0.25, 0.3) is 0 Å². The van der Waals surface area contributed by atoms with E-state index in [1.54, 1.807) is 0 Å². The van der Waals surface area contributed by atoms with Gasteiger partial charge in [0.1, 0.15) is 0 Å². The van der Waals surface area contributed by atoms with Crippen LogP contribution in [-0.2, 0) is 5.54 Å². The smallest absolute Gasteiger partial charge is 0.0415 e. The normalized spacial score (nSPS) is 22.6. The highest BCUT2D eigenvalue weighted by Crippen LogP contribution is 2.44. The van der Waals surface area contributed by atoms with Gasteiger partial charge in [-0.1, -0.05) is 29.8 Å². The molecule has 1 aromatic carbocycles. The lowest BCUT2D eigenvalue weighted by Gasteiger charge is -2.46. The van der Waals surface area contributed by atoms with E-state index in [2.05, 4.69) is 77.8 Å². The Bertz CT molecular complexity index is 506. The van der Waals surface area contributed by atoms with Gasteiger partial charge in [0.2, 0.25) is 0 Å². The summed E-state index contributed by atoms with van der Waals surface area (Å²) in [4.78, 5) is 2.49. The summed E-state index contributed by atoms with van der Waals surface area (Å²) in [5.74, 6) is 0. The van der Waals surface area contributed by atoms with Crippen LogP contribution in [0.4, 0.5) is 0 Å². The fraction of sp³-hybridized carbons (Fsp3) is 0.529. The van der Waals surface area contributed by atoms with Gasteiger partial charge in [-0.15, -0.1) is 0 Å². The van der Waals surface area contributed by atoms with Crippen molar-refractivity contribution in [3.8, 4) is 0 Å². The van der Waals surface area contributed by atoms with E-state index in [0.29, 0.717) is 0 Å². The number of allylic oxidation sites excluding steroid dienone is 1. The Morgan fingerprint density at radius 2 is 1.44 bits per heavy atom. The Balaban J connectivity index is 2.82. The minimum absolute atomic E-state index is 0.0408. The van der Waals surface area contributed by atoms with E-state index >= 15 is 0 Å². The van der Waals surface area contributed by atoms with Crippen molar-refractivity contribution >= 4 is 5.57 Å². The Kier molecular flexibility index (Phi) is 2.94. The molecule has 1 heterocycles. The van der Waals surface area contributed by atoms with Crippen LogP contribution in [0.2, 0.25) is 0 Å². The highest BCUT2D eigenvalue weighted by molar-refractivity contribution is 5.72. The molecule has 0 saturated heterocycles. The topological polar surface area (TPSA) is 3.24 Å². The molecule has 0 fully saturated rings. The summed E-state index contributed by atoms with van der Waals surface area (Å²) < 4.78 is 0. The largest absolute Gasteiger partial charge is 0.288 e. The lowest BCUT2D eigenvalue weighted by atomic mass is 9.86. The summed E-state index contributed by atoms with van der Waals surface area (Å²) >= 11 is 0. The van der Waals surface area contributed by atoms with Gasteiger partial charge in [-0.3, -0.25) is 4.90 Å². The average molecular weight is 243 g/mol. The van der Waals surface area contributed by atoms with Crippen LogP contribution in [0.1, 0.15) is 52.7 Å². The van der Waals surface area contributed by atoms with E-state index in [9.17, 15) is 0 Å². The maximum absolute atomic E-state index is 2.49. The molecule has 0 atom stereocenters. The minimum atomic E-state index is 0.0408. The Morgan fingerprint density at radius 1 is 0.889 bits per heavy atom. The first kappa shape index (κ1) is 13.4. The monoisotopic (exact) mass is 243 g/mol. The van der Waals surface area contributed by atoms with Crippen molar-refractivity contribution in [2.75, 3.05) is 7.05 Å². The fourth-order valence-corrected chi connectivity index (χ4v) is 3.14. The Labute approximate surface area is 112 Å². The summed E-state index contributed by atoms with van der Waals surface area (Å²) in [6.45, 7) is 13.8. The van der Waals surface area contributed by atoms with Crippen molar-refractivity contribution in [3.05, 3.63) is 41.0 Å². The predicted octanol–water partition coefficient (Wildman–Crippen LogP) is 4.44. The second-order valence-electron chi connectivity index (χ2n) is 6.47. The second-order valence-corrected chi connectivity index (χ2v) is 6.47. The molecule has 98 valence electrons. The van der Waals surface area contributed by atoms with Crippen molar-refractivity contribution in [2.24, 2.45) is 0 Å². The van der Waals surface area contributed by atoms with E-state index in [-0.39, 0.29) is 11.1 Å². The van der Waals surface area contributed by atoms with E-state index in [1.165, 1.54) is 22.3 Å². The maximum Gasteiger partial charge on any atom is 0.0415 e. The summed E-state index contributed by atoms with van der Waals surface area (Å²) in [6.07, 6.45) is 0. The highest BCUT2D eigenvalue weighted by Gasteiger charge is 2.41. The van der Waals surface area contributed by atoms with E-state index in [0.717, 1.165) is 0 Å². The molecule has 0 radical (unpaired) electrons. The average Bonchev–Trinajstić information content (AvgIpc) is 2.38. The second kappa shape index (κ2) is 3.96. The van der Waals surface area contributed by atoms with Gasteiger partial charge >= 0.3 is 0 Å². The number of hydrogen-bond donors (Lipinski definition) is 0. The molecule has 0 aliphatic carbocycles. The van der Waals surface area contributed by atoms with Crippen LogP contribution < -0.4 is 0 Å². The van der Waals surface area contributed by atoms with Crippen molar-refractivity contribution < 1.29 is 0 Å². The third kappa shape index (κ3) is 1.65. The molecule has 1 heteroatoms. The maximum atomic E-state index is 2.49. The molecule has 0 unspecified atom stereocenters. The zero-order valence-electron chi connectivity index (χ0n) is 12.8. The molecule has 0 N–H and O–H groups in total. The molecule has 18 heavy (non-hydrogen) atoms. The fourth-order valence-electron chi connectivity index (χ4n) is 3.14. The van der Waals surface area contributed by atoms with Crippen LogP contribution in [0.15, 0.2) is 29.8 Å². The van der Waals surface area contributed by atoms with Crippen molar-refractivity contribution in [3.63, 3.8) is 0 Å². The molecule has 1 aromatic rings. The molecular weight excluding hydrogens is 218 g/mol. The third-order valence-corrected chi connectivity index (χ3v) is 5.15. The quantitative estimate of drug-likeness (QED) is 0.651. The van der Waals surface area contributed by atoms with Crippen LogP contribution in [-0.4, -0.2) is 17.5 Å².